The van der Waals surface area contributed by atoms with E-state index in [9.17, 15) is 0 Å². The quantitative estimate of drug-likeness (QED) is 0.739. The van der Waals surface area contributed by atoms with Gasteiger partial charge in [0, 0.05) is 4.83 Å². The third-order valence-electron chi connectivity index (χ3n) is 3.95. The maximum atomic E-state index is 5.17. The van der Waals surface area contributed by atoms with Crippen LogP contribution >= 0.6 is 15.9 Å². The van der Waals surface area contributed by atoms with Crippen molar-refractivity contribution in [3.63, 3.8) is 0 Å². The highest BCUT2D eigenvalue weighted by Crippen LogP contribution is 2.44. The molecule has 2 heteroatoms. The Morgan fingerprint density at radius 2 is 2.06 bits per heavy atom. The van der Waals surface area contributed by atoms with Gasteiger partial charge in [-0.25, -0.2) is 0 Å². The van der Waals surface area contributed by atoms with Gasteiger partial charge in [0.2, 0.25) is 0 Å². The molecule has 1 aromatic rings. The Balaban J connectivity index is 1.89. The van der Waals surface area contributed by atoms with E-state index in [1.165, 1.54) is 37.7 Å². The van der Waals surface area contributed by atoms with Gasteiger partial charge in [0.25, 0.3) is 0 Å². The zero-order chi connectivity index (χ0) is 12.3. The van der Waals surface area contributed by atoms with Gasteiger partial charge in [-0.05, 0) is 55.2 Å². The summed E-state index contributed by atoms with van der Waals surface area (Å²) in [7, 11) is 1.71. The van der Waals surface area contributed by atoms with Crippen LogP contribution < -0.4 is 4.74 Å². The van der Waals surface area contributed by atoms with Gasteiger partial charge in [0.05, 0.1) is 7.11 Å². The topological polar surface area (TPSA) is 9.23 Å². The monoisotopic (exact) mass is 296 g/mol. The summed E-state index contributed by atoms with van der Waals surface area (Å²) in [5.74, 6) is 0.946. The van der Waals surface area contributed by atoms with Crippen LogP contribution in [0, 0.1) is 5.41 Å². The van der Waals surface area contributed by atoms with Crippen LogP contribution in [-0.4, -0.2) is 11.9 Å². The largest absolute Gasteiger partial charge is 0.497 e. The highest BCUT2D eigenvalue weighted by atomic mass is 79.9. The summed E-state index contributed by atoms with van der Waals surface area (Å²) in [4.78, 5) is 0.739. The van der Waals surface area contributed by atoms with Crippen molar-refractivity contribution in [3.05, 3.63) is 29.8 Å². The molecule has 1 aromatic carbocycles. The summed E-state index contributed by atoms with van der Waals surface area (Å²) < 4.78 is 5.17. The van der Waals surface area contributed by atoms with Crippen molar-refractivity contribution in [2.24, 2.45) is 5.41 Å². The van der Waals surface area contributed by atoms with E-state index in [0.29, 0.717) is 5.41 Å². The van der Waals surface area contributed by atoms with Crippen LogP contribution in [0.4, 0.5) is 0 Å². The lowest BCUT2D eigenvalue weighted by Crippen LogP contribution is -2.13. The molecule has 0 aromatic heterocycles. The fourth-order valence-electron chi connectivity index (χ4n) is 2.71. The fraction of sp³-hybridized carbons (Fsp3) is 0.600. The Hall–Kier alpha value is -0.500. The lowest BCUT2D eigenvalue weighted by molar-refractivity contribution is 0.310. The first-order chi connectivity index (χ1) is 8.11. The second-order valence-electron chi connectivity index (χ2n) is 5.50. The number of aryl methyl sites for hydroxylation is 1. The molecule has 0 radical (unpaired) electrons. The molecule has 0 saturated heterocycles. The Morgan fingerprint density at radius 1 is 1.35 bits per heavy atom. The van der Waals surface area contributed by atoms with E-state index >= 15 is 0 Å². The van der Waals surface area contributed by atoms with Crippen molar-refractivity contribution in [3.8, 4) is 5.75 Å². The smallest absolute Gasteiger partial charge is 0.118 e. The molecule has 0 heterocycles. The van der Waals surface area contributed by atoms with E-state index in [4.69, 9.17) is 4.74 Å². The predicted molar refractivity (Wildman–Crippen MR) is 76.0 cm³/mol. The Kier molecular flexibility index (Phi) is 4.13. The standard InChI is InChI=1S/C15H21BrO/c1-15(10-8-13(16)11-15)9-7-12-3-5-14(17-2)6-4-12/h3-6,13H,7-11H2,1-2H3. The summed E-state index contributed by atoms with van der Waals surface area (Å²) in [5.41, 5.74) is 1.96. The fourth-order valence-corrected chi connectivity index (χ4v) is 3.72. The summed E-state index contributed by atoms with van der Waals surface area (Å²) >= 11 is 3.74. The average molecular weight is 297 g/mol. The van der Waals surface area contributed by atoms with Crippen LogP contribution in [0.1, 0.15) is 38.2 Å². The highest BCUT2D eigenvalue weighted by molar-refractivity contribution is 9.09. The molecular weight excluding hydrogens is 276 g/mol. The first-order valence-corrected chi connectivity index (χ1v) is 7.30. The second-order valence-corrected chi connectivity index (χ2v) is 6.79. The van der Waals surface area contributed by atoms with Gasteiger partial charge in [-0.1, -0.05) is 35.0 Å². The molecule has 1 saturated carbocycles. The minimum atomic E-state index is 0.536. The Bertz CT molecular complexity index is 360. The molecule has 2 unspecified atom stereocenters. The molecule has 2 rings (SSSR count). The van der Waals surface area contributed by atoms with E-state index in [1.807, 2.05) is 0 Å². The maximum absolute atomic E-state index is 5.17. The van der Waals surface area contributed by atoms with Crippen molar-refractivity contribution >= 4 is 15.9 Å². The number of halogens is 1. The zero-order valence-corrected chi connectivity index (χ0v) is 12.3. The van der Waals surface area contributed by atoms with Gasteiger partial charge >= 0.3 is 0 Å². The number of methoxy groups -OCH3 is 1. The van der Waals surface area contributed by atoms with E-state index in [2.05, 4.69) is 47.1 Å². The van der Waals surface area contributed by atoms with Crippen molar-refractivity contribution < 1.29 is 4.74 Å². The summed E-state index contributed by atoms with van der Waals surface area (Å²) in [6, 6.07) is 8.48. The van der Waals surface area contributed by atoms with Crippen LogP contribution in [0.25, 0.3) is 0 Å². The van der Waals surface area contributed by atoms with Gasteiger partial charge in [-0.2, -0.15) is 0 Å². The minimum Gasteiger partial charge on any atom is -0.497 e. The number of hydrogen-bond donors (Lipinski definition) is 0. The van der Waals surface area contributed by atoms with Crippen LogP contribution in [0.5, 0.6) is 5.75 Å². The molecule has 1 nitrogen and oxygen atoms in total. The third kappa shape index (κ3) is 3.48. The number of benzene rings is 1. The van der Waals surface area contributed by atoms with E-state index < -0.39 is 0 Å². The maximum Gasteiger partial charge on any atom is 0.118 e. The zero-order valence-electron chi connectivity index (χ0n) is 10.7. The minimum absolute atomic E-state index is 0.536. The first kappa shape index (κ1) is 12.9. The number of ether oxygens (including phenoxy) is 1. The number of alkyl halides is 1. The molecule has 0 bridgehead atoms. The molecule has 0 aliphatic heterocycles. The highest BCUT2D eigenvalue weighted by Gasteiger charge is 2.33. The Labute approximate surface area is 113 Å². The molecule has 1 aliphatic rings. The molecular formula is C15H21BrO. The van der Waals surface area contributed by atoms with Crippen LogP contribution in [0.2, 0.25) is 0 Å². The molecule has 1 fully saturated rings. The van der Waals surface area contributed by atoms with Gasteiger partial charge in [0.15, 0.2) is 0 Å². The molecule has 0 amide bonds. The van der Waals surface area contributed by atoms with Gasteiger partial charge in [-0.15, -0.1) is 0 Å². The Morgan fingerprint density at radius 3 is 2.59 bits per heavy atom. The van der Waals surface area contributed by atoms with Gasteiger partial charge < -0.3 is 4.74 Å². The normalized spacial score (nSPS) is 28.3. The summed E-state index contributed by atoms with van der Waals surface area (Å²) in [6.07, 6.45) is 6.49. The third-order valence-corrected chi connectivity index (χ3v) is 4.73. The van der Waals surface area contributed by atoms with Crippen LogP contribution in [0.3, 0.4) is 0 Å². The van der Waals surface area contributed by atoms with E-state index in [-0.39, 0.29) is 0 Å². The molecule has 1 aliphatic carbocycles. The van der Waals surface area contributed by atoms with Crippen molar-refractivity contribution in [1.29, 1.82) is 0 Å². The van der Waals surface area contributed by atoms with Crippen LogP contribution in [0.15, 0.2) is 24.3 Å². The first-order valence-electron chi connectivity index (χ1n) is 6.38. The molecule has 2 atom stereocenters. The second kappa shape index (κ2) is 5.43. The summed E-state index contributed by atoms with van der Waals surface area (Å²) in [6.45, 7) is 2.43. The predicted octanol–water partition coefficient (Wildman–Crippen LogP) is 4.58. The molecule has 94 valence electrons. The summed E-state index contributed by atoms with van der Waals surface area (Å²) in [5, 5.41) is 0. The number of hydrogen-bond acceptors (Lipinski definition) is 1. The van der Waals surface area contributed by atoms with Gasteiger partial charge in [-0.3, -0.25) is 0 Å². The lowest BCUT2D eigenvalue weighted by atomic mass is 9.83. The number of rotatable bonds is 4. The van der Waals surface area contributed by atoms with Crippen molar-refractivity contribution in [2.45, 2.75) is 43.9 Å². The molecule has 17 heavy (non-hydrogen) atoms. The van der Waals surface area contributed by atoms with Crippen LogP contribution in [-0.2, 0) is 6.42 Å². The van der Waals surface area contributed by atoms with Crippen molar-refractivity contribution in [2.75, 3.05) is 7.11 Å². The van der Waals surface area contributed by atoms with Gasteiger partial charge in [0.1, 0.15) is 5.75 Å². The molecule has 0 N–H and O–H groups in total. The lowest BCUT2D eigenvalue weighted by Gasteiger charge is -2.23. The van der Waals surface area contributed by atoms with Crippen molar-refractivity contribution in [1.82, 2.24) is 0 Å². The SMILES string of the molecule is COc1ccc(CCC2(C)CCC(Br)C2)cc1. The molecule has 0 spiro atoms. The average Bonchev–Trinajstić information content (AvgIpc) is 2.68. The van der Waals surface area contributed by atoms with E-state index in [0.717, 1.165) is 10.6 Å². The van der Waals surface area contributed by atoms with E-state index in [1.54, 1.807) is 7.11 Å².